The largest absolute Gasteiger partial charge is 0.493 e. The van der Waals surface area contributed by atoms with Crippen LogP contribution in [0.25, 0.3) is 0 Å². The Balaban J connectivity index is 1.64. The highest BCUT2D eigenvalue weighted by Gasteiger charge is 2.19. The van der Waals surface area contributed by atoms with Crippen LogP contribution in [0.1, 0.15) is 12.7 Å². The maximum absolute atomic E-state index is 12.5. The molecule has 0 aliphatic rings. The van der Waals surface area contributed by atoms with Crippen molar-refractivity contribution in [2.75, 3.05) is 19.5 Å². The van der Waals surface area contributed by atoms with Gasteiger partial charge in [0.15, 0.2) is 16.7 Å². The molecule has 8 nitrogen and oxygen atoms in total. The van der Waals surface area contributed by atoms with Gasteiger partial charge in [-0.3, -0.25) is 4.79 Å². The molecule has 3 aromatic rings. The van der Waals surface area contributed by atoms with Crippen LogP contribution in [0, 0.1) is 0 Å². The summed E-state index contributed by atoms with van der Waals surface area (Å²) in [7, 11) is 3.11. The fourth-order valence-corrected chi connectivity index (χ4v) is 3.21. The number of anilines is 1. The van der Waals surface area contributed by atoms with Gasteiger partial charge in [-0.15, -0.1) is 10.2 Å². The van der Waals surface area contributed by atoms with E-state index in [1.807, 2.05) is 23.6 Å². The van der Waals surface area contributed by atoms with Crippen molar-refractivity contribution >= 4 is 23.4 Å². The number of carbonyl (C=O) groups excluding carboxylic acids is 1. The van der Waals surface area contributed by atoms with Crippen LogP contribution in [0.5, 0.6) is 11.5 Å². The Hall–Kier alpha value is -2.94. The maximum atomic E-state index is 12.5. The van der Waals surface area contributed by atoms with Crippen LogP contribution in [0.2, 0.25) is 0 Å². The second kappa shape index (κ2) is 8.63. The zero-order valence-corrected chi connectivity index (χ0v) is 16.0. The van der Waals surface area contributed by atoms with Crippen LogP contribution in [0.15, 0.2) is 52.5 Å². The van der Waals surface area contributed by atoms with Crippen molar-refractivity contribution in [2.45, 2.75) is 23.9 Å². The van der Waals surface area contributed by atoms with Crippen LogP contribution in [-0.2, 0) is 11.3 Å². The fourth-order valence-electron chi connectivity index (χ4n) is 2.38. The van der Waals surface area contributed by atoms with Crippen LogP contribution in [0.3, 0.4) is 0 Å². The normalized spacial score (nSPS) is 11.8. The summed E-state index contributed by atoms with van der Waals surface area (Å²) < 4.78 is 17.6. The zero-order chi connectivity index (χ0) is 19.2. The van der Waals surface area contributed by atoms with Crippen molar-refractivity contribution in [3.63, 3.8) is 0 Å². The number of hydrogen-bond donors (Lipinski definition) is 1. The molecule has 1 atom stereocenters. The number of nitrogens with one attached hydrogen (secondary N) is 1. The summed E-state index contributed by atoms with van der Waals surface area (Å²) in [4.78, 5) is 12.5. The zero-order valence-electron chi connectivity index (χ0n) is 15.2. The van der Waals surface area contributed by atoms with Crippen LogP contribution < -0.4 is 14.8 Å². The number of ether oxygens (including phenoxy) is 2. The molecule has 27 heavy (non-hydrogen) atoms. The number of aromatic nitrogens is 3. The Morgan fingerprint density at radius 1 is 1.30 bits per heavy atom. The van der Waals surface area contributed by atoms with Gasteiger partial charge in [-0.2, -0.15) is 0 Å². The molecule has 0 aliphatic heterocycles. The van der Waals surface area contributed by atoms with E-state index in [2.05, 4.69) is 15.5 Å². The third-order valence-corrected chi connectivity index (χ3v) is 4.88. The number of methoxy groups -OCH3 is 2. The van der Waals surface area contributed by atoms with Gasteiger partial charge in [0.1, 0.15) is 12.1 Å². The Morgan fingerprint density at radius 3 is 2.81 bits per heavy atom. The van der Waals surface area contributed by atoms with Gasteiger partial charge in [-0.05, 0) is 31.2 Å². The Labute approximate surface area is 160 Å². The molecule has 1 aromatic carbocycles. The number of furan rings is 1. The van der Waals surface area contributed by atoms with E-state index in [4.69, 9.17) is 13.9 Å². The molecule has 0 saturated heterocycles. The third kappa shape index (κ3) is 4.62. The topological polar surface area (TPSA) is 91.4 Å². The van der Waals surface area contributed by atoms with Gasteiger partial charge in [0.25, 0.3) is 0 Å². The summed E-state index contributed by atoms with van der Waals surface area (Å²) in [5.41, 5.74) is 0.627. The summed E-state index contributed by atoms with van der Waals surface area (Å²) in [5, 5.41) is 11.2. The lowest BCUT2D eigenvalue weighted by Gasteiger charge is -2.14. The summed E-state index contributed by atoms with van der Waals surface area (Å²) in [5.74, 6) is 1.79. The molecule has 0 fully saturated rings. The fraction of sp³-hybridized carbons (Fsp3) is 0.278. The number of hydrogen-bond acceptors (Lipinski definition) is 7. The number of amides is 1. The highest BCUT2D eigenvalue weighted by atomic mass is 32.2. The summed E-state index contributed by atoms with van der Waals surface area (Å²) in [6, 6.07) is 8.92. The molecular weight excluding hydrogens is 368 g/mol. The van der Waals surface area contributed by atoms with E-state index >= 15 is 0 Å². The SMILES string of the molecule is COc1ccc(NC(=O)C(C)Sc2nncn2Cc2ccco2)cc1OC. The molecule has 1 amide bonds. The van der Waals surface area contributed by atoms with E-state index in [-0.39, 0.29) is 11.2 Å². The average molecular weight is 388 g/mol. The predicted octanol–water partition coefficient (Wildman–Crippen LogP) is 3.06. The quantitative estimate of drug-likeness (QED) is 0.593. The minimum absolute atomic E-state index is 0.153. The molecule has 1 unspecified atom stereocenters. The molecule has 1 N–H and O–H groups in total. The number of benzene rings is 1. The highest BCUT2D eigenvalue weighted by Crippen LogP contribution is 2.30. The summed E-state index contributed by atoms with van der Waals surface area (Å²) in [6.07, 6.45) is 3.23. The van der Waals surface area contributed by atoms with E-state index in [1.54, 1.807) is 45.0 Å². The molecule has 142 valence electrons. The number of rotatable bonds is 8. The molecule has 2 aromatic heterocycles. The van der Waals surface area contributed by atoms with Gasteiger partial charge < -0.3 is 23.8 Å². The lowest BCUT2D eigenvalue weighted by molar-refractivity contribution is -0.115. The van der Waals surface area contributed by atoms with Crippen molar-refractivity contribution in [1.82, 2.24) is 14.8 Å². The Morgan fingerprint density at radius 2 is 2.11 bits per heavy atom. The van der Waals surface area contributed by atoms with Gasteiger partial charge in [0.05, 0.1) is 32.3 Å². The van der Waals surface area contributed by atoms with Crippen molar-refractivity contribution in [3.05, 3.63) is 48.7 Å². The predicted molar refractivity (Wildman–Crippen MR) is 101 cm³/mol. The Bertz CT molecular complexity index is 895. The summed E-state index contributed by atoms with van der Waals surface area (Å²) >= 11 is 1.32. The molecule has 0 aliphatic carbocycles. The first-order valence-electron chi connectivity index (χ1n) is 8.20. The number of carbonyl (C=O) groups is 1. The summed E-state index contributed by atoms with van der Waals surface area (Å²) in [6.45, 7) is 2.32. The van der Waals surface area contributed by atoms with Crippen LogP contribution in [-0.4, -0.2) is 40.1 Å². The molecular formula is C18H20N4O4S. The van der Waals surface area contributed by atoms with E-state index < -0.39 is 0 Å². The van der Waals surface area contributed by atoms with Gasteiger partial charge in [-0.1, -0.05) is 11.8 Å². The molecule has 0 radical (unpaired) electrons. The molecule has 2 heterocycles. The monoisotopic (exact) mass is 388 g/mol. The second-order valence-corrected chi connectivity index (χ2v) is 6.95. The molecule has 0 saturated carbocycles. The third-order valence-electron chi connectivity index (χ3n) is 3.79. The smallest absolute Gasteiger partial charge is 0.237 e. The Kier molecular flexibility index (Phi) is 6.02. The van der Waals surface area contributed by atoms with Crippen molar-refractivity contribution < 1.29 is 18.7 Å². The van der Waals surface area contributed by atoms with E-state index in [1.165, 1.54) is 11.8 Å². The lowest BCUT2D eigenvalue weighted by atomic mass is 10.2. The minimum atomic E-state index is -0.377. The maximum Gasteiger partial charge on any atom is 0.237 e. The minimum Gasteiger partial charge on any atom is -0.493 e. The van der Waals surface area contributed by atoms with E-state index in [9.17, 15) is 4.79 Å². The van der Waals surface area contributed by atoms with Gasteiger partial charge in [0, 0.05) is 11.8 Å². The molecule has 0 spiro atoms. The first kappa shape index (κ1) is 18.8. The van der Waals surface area contributed by atoms with Crippen LogP contribution in [0.4, 0.5) is 5.69 Å². The van der Waals surface area contributed by atoms with Gasteiger partial charge in [0.2, 0.25) is 5.91 Å². The van der Waals surface area contributed by atoms with Crippen molar-refractivity contribution in [3.8, 4) is 11.5 Å². The van der Waals surface area contributed by atoms with Crippen LogP contribution >= 0.6 is 11.8 Å². The lowest BCUT2D eigenvalue weighted by Crippen LogP contribution is -2.23. The highest BCUT2D eigenvalue weighted by molar-refractivity contribution is 8.00. The van der Waals surface area contributed by atoms with Gasteiger partial charge >= 0.3 is 0 Å². The molecule has 3 rings (SSSR count). The van der Waals surface area contributed by atoms with E-state index in [0.29, 0.717) is 28.9 Å². The number of thioether (sulfide) groups is 1. The molecule has 0 bridgehead atoms. The molecule has 9 heteroatoms. The first-order valence-corrected chi connectivity index (χ1v) is 9.08. The second-order valence-electron chi connectivity index (χ2n) is 5.64. The van der Waals surface area contributed by atoms with Gasteiger partial charge in [-0.25, -0.2) is 0 Å². The van der Waals surface area contributed by atoms with Crippen molar-refractivity contribution in [1.29, 1.82) is 0 Å². The van der Waals surface area contributed by atoms with Crippen molar-refractivity contribution in [2.24, 2.45) is 0 Å². The first-order chi connectivity index (χ1) is 13.1. The standard InChI is InChI=1S/C18H20N4O4S/c1-12(17(23)20-13-6-7-15(24-2)16(9-13)25-3)27-18-21-19-11-22(18)10-14-5-4-8-26-14/h4-9,11-12H,10H2,1-3H3,(H,20,23). The number of nitrogens with zero attached hydrogens (tertiary/aromatic N) is 3. The van der Waals surface area contributed by atoms with E-state index in [0.717, 1.165) is 5.76 Å². The average Bonchev–Trinajstić information content (AvgIpc) is 3.34.